The average molecular weight is 244 g/mol. The van der Waals surface area contributed by atoms with Gasteiger partial charge in [-0.1, -0.05) is 5.92 Å². The molecule has 0 unspecified atom stereocenters. The molecule has 0 bridgehead atoms. The smallest absolute Gasteiger partial charge is 0.222 e. The zero-order chi connectivity index (χ0) is 13.2. The summed E-state index contributed by atoms with van der Waals surface area (Å²) >= 11 is 0. The summed E-state index contributed by atoms with van der Waals surface area (Å²) in [4.78, 5) is 0. The van der Waals surface area contributed by atoms with E-state index in [-0.39, 0.29) is 0 Å². The lowest BCUT2D eigenvalue weighted by Crippen LogP contribution is -2.14. The lowest BCUT2D eigenvalue weighted by Gasteiger charge is -2.09. The molecule has 94 valence electrons. The van der Waals surface area contributed by atoms with Gasteiger partial charge in [-0.05, 0) is 43.9 Å². The lowest BCUT2D eigenvalue weighted by atomic mass is 10.2. The van der Waals surface area contributed by atoms with Crippen LogP contribution in [0.15, 0.2) is 35.8 Å². The summed E-state index contributed by atoms with van der Waals surface area (Å²) in [5.74, 6) is 8.73. The van der Waals surface area contributed by atoms with Gasteiger partial charge in [0.1, 0.15) is 0 Å². The Bertz CT molecular complexity index is 446. The van der Waals surface area contributed by atoms with Gasteiger partial charge in [0.2, 0.25) is 6.29 Å². The molecule has 0 N–H and O–H groups in total. The molecule has 3 heteroatoms. The lowest BCUT2D eigenvalue weighted by molar-refractivity contribution is -0.0969. The van der Waals surface area contributed by atoms with Crippen molar-refractivity contribution in [3.8, 4) is 24.2 Å². The minimum atomic E-state index is -0.505. The molecule has 0 amide bonds. The number of ether oxygens (including phenoxy) is 3. The first-order chi connectivity index (χ1) is 8.80. The maximum absolute atomic E-state index is 5.32. The SMILES string of the molecule is C#CC1=CC=C(C#CC(OCC)OCC)C=CO1. The number of allylic oxidation sites excluding steroid dienone is 5. The Morgan fingerprint density at radius 3 is 2.61 bits per heavy atom. The second-order valence-corrected chi connectivity index (χ2v) is 3.23. The highest BCUT2D eigenvalue weighted by molar-refractivity contribution is 5.43. The van der Waals surface area contributed by atoms with Crippen LogP contribution in [0.5, 0.6) is 0 Å². The van der Waals surface area contributed by atoms with E-state index in [9.17, 15) is 0 Å². The van der Waals surface area contributed by atoms with Gasteiger partial charge in [-0.25, -0.2) is 0 Å². The van der Waals surface area contributed by atoms with Crippen molar-refractivity contribution in [2.24, 2.45) is 0 Å². The van der Waals surface area contributed by atoms with Crippen LogP contribution in [-0.4, -0.2) is 19.5 Å². The van der Waals surface area contributed by atoms with Crippen molar-refractivity contribution in [2.45, 2.75) is 20.1 Å². The molecule has 0 saturated heterocycles. The molecular weight excluding hydrogens is 228 g/mol. The van der Waals surface area contributed by atoms with E-state index in [2.05, 4.69) is 17.8 Å². The summed E-state index contributed by atoms with van der Waals surface area (Å²) in [6, 6.07) is 0. The van der Waals surface area contributed by atoms with Crippen LogP contribution in [0.1, 0.15) is 13.8 Å². The van der Waals surface area contributed by atoms with Crippen molar-refractivity contribution >= 4 is 0 Å². The van der Waals surface area contributed by atoms with E-state index in [0.717, 1.165) is 5.57 Å². The second kappa shape index (κ2) is 8.20. The van der Waals surface area contributed by atoms with Gasteiger partial charge < -0.3 is 14.2 Å². The van der Waals surface area contributed by atoms with E-state index < -0.39 is 6.29 Å². The molecule has 0 spiro atoms. The van der Waals surface area contributed by atoms with Gasteiger partial charge in [0.05, 0.1) is 6.26 Å². The number of rotatable bonds is 4. The Morgan fingerprint density at radius 2 is 2.00 bits per heavy atom. The fourth-order valence-corrected chi connectivity index (χ4v) is 1.18. The molecule has 0 atom stereocenters. The van der Waals surface area contributed by atoms with Crippen LogP contribution in [0, 0.1) is 24.2 Å². The maximum Gasteiger partial charge on any atom is 0.222 e. The topological polar surface area (TPSA) is 27.7 Å². The zero-order valence-electron chi connectivity index (χ0n) is 10.6. The van der Waals surface area contributed by atoms with Crippen LogP contribution in [0.25, 0.3) is 0 Å². The van der Waals surface area contributed by atoms with Crippen molar-refractivity contribution in [1.82, 2.24) is 0 Å². The molecule has 0 aromatic heterocycles. The third kappa shape index (κ3) is 4.93. The quantitative estimate of drug-likeness (QED) is 0.561. The zero-order valence-corrected chi connectivity index (χ0v) is 10.6. The minimum absolute atomic E-state index is 0.453. The summed E-state index contributed by atoms with van der Waals surface area (Å²) in [6.45, 7) is 4.90. The van der Waals surface area contributed by atoms with Crippen molar-refractivity contribution in [1.29, 1.82) is 0 Å². The van der Waals surface area contributed by atoms with Crippen LogP contribution in [0.2, 0.25) is 0 Å². The first kappa shape index (κ1) is 14.1. The standard InChI is InChI=1S/C15H16O3/c1-4-14-9-7-13(11-12-18-14)8-10-15(16-5-2)17-6-3/h1,7,9,11-12,15H,5-6H2,2-3H3. The van der Waals surface area contributed by atoms with Gasteiger partial charge in [-0.3, -0.25) is 0 Å². The van der Waals surface area contributed by atoms with Crippen molar-refractivity contribution < 1.29 is 14.2 Å². The molecule has 0 aromatic rings. The van der Waals surface area contributed by atoms with E-state index in [0.29, 0.717) is 19.0 Å². The van der Waals surface area contributed by atoms with Crippen LogP contribution < -0.4 is 0 Å². The number of hydrogen-bond donors (Lipinski definition) is 0. The molecule has 0 aromatic carbocycles. The van der Waals surface area contributed by atoms with Gasteiger partial charge in [0.15, 0.2) is 5.76 Å². The van der Waals surface area contributed by atoms with Crippen LogP contribution >= 0.6 is 0 Å². The third-order valence-corrected chi connectivity index (χ3v) is 1.97. The first-order valence-electron chi connectivity index (χ1n) is 5.76. The molecule has 1 heterocycles. The van der Waals surface area contributed by atoms with E-state index in [1.807, 2.05) is 13.8 Å². The molecule has 0 fully saturated rings. The van der Waals surface area contributed by atoms with Gasteiger partial charge in [0, 0.05) is 18.8 Å². The van der Waals surface area contributed by atoms with Crippen LogP contribution in [0.4, 0.5) is 0 Å². The number of hydrogen-bond acceptors (Lipinski definition) is 3. The predicted molar refractivity (Wildman–Crippen MR) is 70.0 cm³/mol. The molecule has 1 rings (SSSR count). The molecule has 0 saturated carbocycles. The van der Waals surface area contributed by atoms with Crippen molar-refractivity contribution in [2.75, 3.05) is 13.2 Å². The molecule has 3 nitrogen and oxygen atoms in total. The van der Waals surface area contributed by atoms with E-state index in [4.69, 9.17) is 20.6 Å². The highest BCUT2D eigenvalue weighted by Crippen LogP contribution is 2.07. The maximum atomic E-state index is 5.32. The van der Waals surface area contributed by atoms with Gasteiger partial charge in [-0.2, -0.15) is 0 Å². The second-order valence-electron chi connectivity index (χ2n) is 3.23. The van der Waals surface area contributed by atoms with Crippen LogP contribution in [-0.2, 0) is 14.2 Å². The molecular formula is C15H16O3. The monoisotopic (exact) mass is 244 g/mol. The Balaban J connectivity index is 2.74. The normalized spacial score (nSPS) is 13.7. The summed E-state index contributed by atoms with van der Waals surface area (Å²) < 4.78 is 15.8. The van der Waals surface area contributed by atoms with Gasteiger partial charge in [-0.15, -0.1) is 6.42 Å². The van der Waals surface area contributed by atoms with Gasteiger partial charge in [0.25, 0.3) is 0 Å². The Morgan fingerprint density at radius 1 is 1.28 bits per heavy atom. The Kier molecular flexibility index (Phi) is 6.43. The average Bonchev–Trinajstić information content (AvgIpc) is 2.61. The van der Waals surface area contributed by atoms with Gasteiger partial charge >= 0.3 is 0 Å². The van der Waals surface area contributed by atoms with E-state index in [1.54, 1.807) is 18.2 Å². The third-order valence-electron chi connectivity index (χ3n) is 1.97. The molecule has 0 aliphatic carbocycles. The van der Waals surface area contributed by atoms with E-state index >= 15 is 0 Å². The minimum Gasteiger partial charge on any atom is -0.456 e. The summed E-state index contributed by atoms with van der Waals surface area (Å²) in [5.41, 5.74) is 0.782. The molecule has 1 aliphatic rings. The number of terminal acetylenes is 1. The summed E-state index contributed by atoms with van der Waals surface area (Å²) in [6.07, 6.45) is 11.5. The fourth-order valence-electron chi connectivity index (χ4n) is 1.18. The van der Waals surface area contributed by atoms with E-state index in [1.165, 1.54) is 6.26 Å². The summed E-state index contributed by atoms with van der Waals surface area (Å²) in [5, 5.41) is 0. The predicted octanol–water partition coefficient (Wildman–Crippen LogP) is 2.38. The Hall–Kier alpha value is -1.94. The molecule has 18 heavy (non-hydrogen) atoms. The van der Waals surface area contributed by atoms with Crippen LogP contribution in [0.3, 0.4) is 0 Å². The Labute approximate surface area is 108 Å². The van der Waals surface area contributed by atoms with Crippen molar-refractivity contribution in [3.05, 3.63) is 35.8 Å². The first-order valence-corrected chi connectivity index (χ1v) is 5.76. The highest BCUT2D eigenvalue weighted by atomic mass is 16.7. The highest BCUT2D eigenvalue weighted by Gasteiger charge is 2.02. The fraction of sp³-hybridized carbons (Fsp3) is 0.333. The summed E-state index contributed by atoms with van der Waals surface area (Å²) in [7, 11) is 0. The molecule has 0 radical (unpaired) electrons. The largest absolute Gasteiger partial charge is 0.456 e. The van der Waals surface area contributed by atoms with Crippen molar-refractivity contribution in [3.63, 3.8) is 0 Å². The molecule has 1 aliphatic heterocycles.